The van der Waals surface area contributed by atoms with Gasteiger partial charge in [0.05, 0.1) is 29.8 Å². The maximum atomic E-state index is 12.6. The number of aliphatic hydroxyl groups excluding tert-OH is 1. The highest BCUT2D eigenvalue weighted by Crippen LogP contribution is 2.28. The molecule has 7 nitrogen and oxygen atoms in total. The summed E-state index contributed by atoms with van der Waals surface area (Å²) in [7, 11) is 0. The maximum Gasteiger partial charge on any atom is 0.410 e. The fourth-order valence-electron chi connectivity index (χ4n) is 3.25. The molecule has 3 rings (SSSR count). The molecule has 2 aliphatic heterocycles. The quantitative estimate of drug-likeness (QED) is 0.782. The van der Waals surface area contributed by atoms with Gasteiger partial charge in [0.2, 0.25) is 0 Å². The second-order valence-corrected chi connectivity index (χ2v) is 7.45. The van der Waals surface area contributed by atoms with Crippen molar-refractivity contribution in [1.82, 2.24) is 9.80 Å². The zero-order chi connectivity index (χ0) is 18.4. The number of amides is 3. The molecule has 0 spiro atoms. The van der Waals surface area contributed by atoms with Gasteiger partial charge in [-0.05, 0) is 39.3 Å². The summed E-state index contributed by atoms with van der Waals surface area (Å²) in [6.45, 7) is 5.54. The molecule has 2 atom stereocenters. The maximum absolute atomic E-state index is 12.6. The average Bonchev–Trinajstić information content (AvgIpc) is 2.77. The average molecular weight is 346 g/mol. The van der Waals surface area contributed by atoms with Crippen molar-refractivity contribution in [2.24, 2.45) is 0 Å². The van der Waals surface area contributed by atoms with Crippen LogP contribution < -0.4 is 0 Å². The third-order valence-electron chi connectivity index (χ3n) is 4.25. The summed E-state index contributed by atoms with van der Waals surface area (Å²) >= 11 is 0. The highest BCUT2D eigenvalue weighted by atomic mass is 16.6. The van der Waals surface area contributed by atoms with Crippen LogP contribution in [0, 0.1) is 0 Å². The third kappa shape index (κ3) is 3.37. The van der Waals surface area contributed by atoms with E-state index in [0.717, 1.165) is 4.90 Å². The van der Waals surface area contributed by atoms with Gasteiger partial charge in [-0.2, -0.15) is 0 Å². The van der Waals surface area contributed by atoms with Crippen molar-refractivity contribution >= 4 is 17.9 Å². The molecular formula is C18H22N2O5. The van der Waals surface area contributed by atoms with Crippen molar-refractivity contribution in [2.75, 3.05) is 13.1 Å². The van der Waals surface area contributed by atoms with Crippen molar-refractivity contribution in [3.63, 3.8) is 0 Å². The number of carbonyl (C=O) groups is 3. The third-order valence-corrected chi connectivity index (χ3v) is 4.25. The standard InChI is InChI=1S/C18H22N2O5/c1-18(2,3)25-17(24)19-9-11(8-12(21)10-19)20-15(22)13-6-4-5-7-14(13)16(20)23/h4-7,11-12,21H,8-10H2,1-3H3/t11-,12-/m1/s1. The van der Waals surface area contributed by atoms with Crippen molar-refractivity contribution in [1.29, 1.82) is 0 Å². The van der Waals surface area contributed by atoms with Gasteiger partial charge in [-0.25, -0.2) is 4.79 Å². The Kier molecular flexibility index (Phi) is 4.28. The molecule has 2 aliphatic rings. The molecule has 1 aromatic carbocycles. The van der Waals surface area contributed by atoms with Crippen molar-refractivity contribution in [3.05, 3.63) is 35.4 Å². The number of aliphatic hydroxyl groups is 1. The van der Waals surface area contributed by atoms with Crippen LogP contribution in [0.5, 0.6) is 0 Å². The number of rotatable bonds is 1. The summed E-state index contributed by atoms with van der Waals surface area (Å²) < 4.78 is 5.34. The summed E-state index contributed by atoms with van der Waals surface area (Å²) in [5.74, 6) is -0.771. The largest absolute Gasteiger partial charge is 0.444 e. The Morgan fingerprint density at radius 2 is 1.68 bits per heavy atom. The van der Waals surface area contributed by atoms with Gasteiger partial charge in [0, 0.05) is 6.54 Å². The molecular weight excluding hydrogens is 324 g/mol. The first-order chi connectivity index (χ1) is 11.7. The number of β-amino-alcohol motifs (C(OH)–C–C–N with tert-alkyl or cyclic N) is 1. The lowest BCUT2D eigenvalue weighted by Gasteiger charge is -2.39. The Labute approximate surface area is 146 Å². The van der Waals surface area contributed by atoms with Crippen LogP contribution >= 0.6 is 0 Å². The molecule has 25 heavy (non-hydrogen) atoms. The van der Waals surface area contributed by atoms with E-state index in [1.165, 1.54) is 4.90 Å². The van der Waals surface area contributed by atoms with E-state index < -0.39 is 23.8 Å². The van der Waals surface area contributed by atoms with Gasteiger partial charge in [-0.3, -0.25) is 14.5 Å². The van der Waals surface area contributed by atoms with Gasteiger partial charge >= 0.3 is 6.09 Å². The van der Waals surface area contributed by atoms with E-state index in [9.17, 15) is 19.5 Å². The molecule has 0 radical (unpaired) electrons. The molecule has 0 aromatic heterocycles. The van der Waals surface area contributed by atoms with E-state index in [1.807, 2.05) is 0 Å². The topological polar surface area (TPSA) is 87.2 Å². The molecule has 134 valence electrons. The second kappa shape index (κ2) is 6.15. The fourth-order valence-corrected chi connectivity index (χ4v) is 3.25. The number of fused-ring (bicyclic) bond motifs is 1. The van der Waals surface area contributed by atoms with Crippen LogP contribution in [0.15, 0.2) is 24.3 Å². The van der Waals surface area contributed by atoms with E-state index in [0.29, 0.717) is 11.1 Å². The van der Waals surface area contributed by atoms with Crippen LogP contribution in [0.25, 0.3) is 0 Å². The summed E-state index contributed by atoms with van der Waals surface area (Å²) in [6, 6.07) is 6.05. The first-order valence-corrected chi connectivity index (χ1v) is 8.30. The van der Waals surface area contributed by atoms with Gasteiger partial charge in [0.15, 0.2) is 0 Å². The zero-order valence-electron chi connectivity index (χ0n) is 14.6. The molecule has 0 aliphatic carbocycles. The number of likely N-dealkylation sites (tertiary alicyclic amines) is 1. The summed E-state index contributed by atoms with van der Waals surface area (Å²) in [4.78, 5) is 40.0. The summed E-state index contributed by atoms with van der Waals surface area (Å²) in [5, 5.41) is 10.1. The van der Waals surface area contributed by atoms with E-state index in [2.05, 4.69) is 0 Å². The lowest BCUT2D eigenvalue weighted by atomic mass is 10.0. The first kappa shape index (κ1) is 17.4. The Morgan fingerprint density at radius 1 is 1.12 bits per heavy atom. The van der Waals surface area contributed by atoms with Crippen molar-refractivity contribution < 1.29 is 24.2 Å². The highest BCUT2D eigenvalue weighted by molar-refractivity contribution is 6.21. The number of imide groups is 1. The molecule has 7 heteroatoms. The molecule has 0 saturated carbocycles. The van der Waals surface area contributed by atoms with Crippen LogP contribution in [0.1, 0.15) is 47.9 Å². The number of benzene rings is 1. The summed E-state index contributed by atoms with van der Waals surface area (Å²) in [6.07, 6.45) is -1.14. The van der Waals surface area contributed by atoms with E-state index in [-0.39, 0.29) is 31.3 Å². The lowest BCUT2D eigenvalue weighted by Crippen LogP contribution is -2.56. The van der Waals surface area contributed by atoms with Crippen LogP contribution in [-0.2, 0) is 4.74 Å². The van der Waals surface area contributed by atoms with Crippen molar-refractivity contribution in [2.45, 2.75) is 44.9 Å². The molecule has 2 heterocycles. The number of hydrogen-bond acceptors (Lipinski definition) is 5. The van der Waals surface area contributed by atoms with Gasteiger partial charge in [-0.15, -0.1) is 0 Å². The predicted octanol–water partition coefficient (Wildman–Crippen LogP) is 1.65. The second-order valence-electron chi connectivity index (χ2n) is 7.45. The Balaban J connectivity index is 1.80. The monoisotopic (exact) mass is 346 g/mol. The van der Waals surface area contributed by atoms with E-state index in [1.54, 1.807) is 45.0 Å². The molecule has 1 fully saturated rings. The smallest absolute Gasteiger partial charge is 0.410 e. The minimum absolute atomic E-state index is 0.120. The van der Waals surface area contributed by atoms with Gasteiger partial charge in [0.25, 0.3) is 11.8 Å². The normalized spacial score (nSPS) is 23.7. The Hall–Kier alpha value is -2.41. The van der Waals surface area contributed by atoms with Crippen LogP contribution in [0.3, 0.4) is 0 Å². The van der Waals surface area contributed by atoms with Gasteiger partial charge in [0.1, 0.15) is 5.60 Å². The predicted molar refractivity (Wildman–Crippen MR) is 89.2 cm³/mol. The molecule has 0 unspecified atom stereocenters. The van der Waals surface area contributed by atoms with E-state index >= 15 is 0 Å². The van der Waals surface area contributed by atoms with Crippen molar-refractivity contribution in [3.8, 4) is 0 Å². The number of hydrogen-bond donors (Lipinski definition) is 1. The zero-order valence-corrected chi connectivity index (χ0v) is 14.6. The molecule has 1 N–H and O–H groups in total. The lowest BCUT2D eigenvalue weighted by molar-refractivity contribution is -0.0133. The Bertz CT molecular complexity index is 689. The van der Waals surface area contributed by atoms with Crippen LogP contribution in [0.2, 0.25) is 0 Å². The number of ether oxygens (including phenoxy) is 1. The minimum atomic E-state index is -0.824. The molecule has 0 bridgehead atoms. The number of nitrogens with zero attached hydrogens (tertiary/aromatic N) is 2. The first-order valence-electron chi connectivity index (χ1n) is 8.30. The van der Waals surface area contributed by atoms with Gasteiger partial charge in [-0.1, -0.05) is 12.1 Å². The molecule has 1 aromatic rings. The number of piperidine rings is 1. The fraction of sp³-hybridized carbons (Fsp3) is 0.500. The molecule has 3 amide bonds. The van der Waals surface area contributed by atoms with Gasteiger partial charge < -0.3 is 14.7 Å². The molecule has 1 saturated heterocycles. The summed E-state index contributed by atoms with van der Waals surface area (Å²) in [5.41, 5.74) is 0.0533. The van der Waals surface area contributed by atoms with E-state index in [4.69, 9.17) is 4.74 Å². The SMILES string of the molecule is CC(C)(C)OC(=O)N1C[C@H](O)C[C@@H](N2C(=O)c3ccccc3C2=O)C1. The van der Waals surface area contributed by atoms with Crippen LogP contribution in [0.4, 0.5) is 4.79 Å². The Morgan fingerprint density at radius 3 is 2.20 bits per heavy atom. The number of carbonyl (C=O) groups excluding carboxylic acids is 3. The van der Waals surface area contributed by atoms with Crippen LogP contribution in [-0.4, -0.2) is 63.7 Å². The highest BCUT2D eigenvalue weighted by Gasteiger charge is 2.43. The minimum Gasteiger partial charge on any atom is -0.444 e.